The van der Waals surface area contributed by atoms with Gasteiger partial charge >= 0.3 is 0 Å². The molecule has 4 aliphatic rings. The Morgan fingerprint density at radius 1 is 1.12 bits per heavy atom. The predicted molar refractivity (Wildman–Crippen MR) is 152 cm³/mol. The Morgan fingerprint density at radius 2 is 1.78 bits per heavy atom. The van der Waals surface area contributed by atoms with E-state index in [1.54, 1.807) is 19.0 Å². The molecule has 6 atom stereocenters. The Bertz CT molecular complexity index is 1300. The van der Waals surface area contributed by atoms with E-state index >= 15 is 0 Å². The van der Waals surface area contributed by atoms with Crippen LogP contribution in [0, 0.1) is 17.8 Å². The summed E-state index contributed by atoms with van der Waals surface area (Å²) in [5.41, 5.74) is 4.80. The molecule has 0 aliphatic heterocycles. The quantitative estimate of drug-likeness (QED) is 0.266. The van der Waals surface area contributed by atoms with Crippen LogP contribution in [0.2, 0.25) is 0 Å². The van der Waals surface area contributed by atoms with Gasteiger partial charge in [0.15, 0.2) is 11.4 Å². The largest absolute Gasteiger partial charge is 0.507 e. The Hall–Kier alpha value is -2.99. The van der Waals surface area contributed by atoms with Crippen molar-refractivity contribution in [2.45, 2.75) is 75.3 Å². The molecule has 41 heavy (non-hydrogen) atoms. The zero-order valence-corrected chi connectivity index (χ0v) is 24.2. The molecule has 0 saturated heterocycles. The summed E-state index contributed by atoms with van der Waals surface area (Å²) < 4.78 is 0. The number of Topliss-reactive ketones (excluding diaryl/α,β-unsaturated/α-hetero) is 2. The fourth-order valence-corrected chi connectivity index (χ4v) is 7.80. The number of nitrogens with one attached hydrogen (secondary N) is 1. The summed E-state index contributed by atoms with van der Waals surface area (Å²) in [5, 5.41) is 49.4. The molecular weight excluding hydrogens is 528 g/mol. The van der Waals surface area contributed by atoms with E-state index in [9.17, 15) is 34.8 Å². The highest BCUT2D eigenvalue weighted by Crippen LogP contribution is 2.53. The zero-order chi connectivity index (χ0) is 30.0. The Kier molecular flexibility index (Phi) is 7.69. The number of rotatable bonds is 6. The topological polar surface area (TPSA) is 177 Å². The molecule has 3 fully saturated rings. The number of aromatic hydroxyl groups is 1. The van der Waals surface area contributed by atoms with Crippen molar-refractivity contribution in [2.24, 2.45) is 23.5 Å². The van der Waals surface area contributed by atoms with Crippen LogP contribution in [0.3, 0.4) is 0 Å². The normalized spacial score (nSPS) is 32.0. The number of likely N-dealkylation sites (N-methyl/N-ethyl adjacent to an activating group) is 1. The fraction of sp³-hybridized carbons (Fsp3) is 0.633. The van der Waals surface area contributed by atoms with Gasteiger partial charge in [-0.2, -0.15) is 0 Å². The van der Waals surface area contributed by atoms with Gasteiger partial charge in [0.2, 0.25) is 11.7 Å². The van der Waals surface area contributed by atoms with E-state index in [-0.39, 0.29) is 29.7 Å². The molecule has 4 aliphatic carbocycles. The summed E-state index contributed by atoms with van der Waals surface area (Å²) in [6.45, 7) is 0.373. The SMILES string of the molecule is CN(C)c1cc(CNC2CCCCC2)c(O)c2c1C[C@@H]1C[C@@H]3C(N(C)C)C(O)C(C(N)=O)C(=O)[C@]3(O)C(=O)C1=C2O. The number of hydrogen-bond donors (Lipinski definition) is 6. The van der Waals surface area contributed by atoms with E-state index in [1.165, 1.54) is 6.42 Å². The number of phenols is 1. The lowest BCUT2D eigenvalue weighted by atomic mass is 9.54. The Balaban J connectivity index is 1.61. The first-order valence-corrected chi connectivity index (χ1v) is 14.5. The molecule has 0 spiro atoms. The van der Waals surface area contributed by atoms with Crippen LogP contribution in [0.15, 0.2) is 11.6 Å². The summed E-state index contributed by atoms with van der Waals surface area (Å²) in [7, 11) is 7.01. The van der Waals surface area contributed by atoms with Crippen LogP contribution in [0.25, 0.3) is 5.76 Å². The minimum Gasteiger partial charge on any atom is -0.507 e. The molecule has 3 unspecified atom stereocenters. The lowest BCUT2D eigenvalue weighted by Gasteiger charge is -2.53. The van der Waals surface area contributed by atoms with Gasteiger partial charge in [-0.05, 0) is 57.3 Å². The number of fused-ring (bicyclic) bond motifs is 3. The third-order valence-corrected chi connectivity index (χ3v) is 9.81. The summed E-state index contributed by atoms with van der Waals surface area (Å²) in [5.74, 6) is -7.32. The number of anilines is 1. The van der Waals surface area contributed by atoms with Crippen molar-refractivity contribution in [3.05, 3.63) is 28.3 Å². The van der Waals surface area contributed by atoms with Gasteiger partial charge in [-0.1, -0.05) is 19.3 Å². The van der Waals surface area contributed by atoms with Crippen molar-refractivity contribution in [3.8, 4) is 5.75 Å². The van der Waals surface area contributed by atoms with E-state index in [4.69, 9.17) is 5.73 Å². The number of phenolic OH excluding ortho intramolecular Hbond substituents is 1. The number of ketones is 2. The van der Waals surface area contributed by atoms with E-state index in [0.29, 0.717) is 23.7 Å². The van der Waals surface area contributed by atoms with E-state index in [0.717, 1.165) is 31.4 Å². The smallest absolute Gasteiger partial charge is 0.230 e. The van der Waals surface area contributed by atoms with Crippen molar-refractivity contribution in [2.75, 3.05) is 33.1 Å². The minimum absolute atomic E-state index is 0.0941. The van der Waals surface area contributed by atoms with Gasteiger partial charge in [0.25, 0.3) is 0 Å². The molecule has 11 heteroatoms. The third-order valence-electron chi connectivity index (χ3n) is 9.81. The van der Waals surface area contributed by atoms with Crippen LogP contribution in [-0.2, 0) is 27.3 Å². The highest BCUT2D eigenvalue weighted by molar-refractivity contribution is 6.25. The second kappa shape index (κ2) is 10.7. The second-order valence-electron chi connectivity index (χ2n) is 12.7. The van der Waals surface area contributed by atoms with Gasteiger partial charge in [0.05, 0.1) is 11.7 Å². The second-order valence-corrected chi connectivity index (χ2v) is 12.7. The average Bonchev–Trinajstić information content (AvgIpc) is 2.90. The summed E-state index contributed by atoms with van der Waals surface area (Å²) in [4.78, 5) is 43.3. The van der Waals surface area contributed by atoms with Crippen molar-refractivity contribution < 1.29 is 34.8 Å². The molecule has 0 radical (unpaired) electrons. The molecule has 1 aromatic carbocycles. The van der Waals surface area contributed by atoms with Crippen LogP contribution in [0.4, 0.5) is 5.69 Å². The van der Waals surface area contributed by atoms with Crippen LogP contribution in [0.1, 0.15) is 55.2 Å². The van der Waals surface area contributed by atoms with Crippen LogP contribution in [0.5, 0.6) is 5.75 Å². The van der Waals surface area contributed by atoms with Crippen LogP contribution >= 0.6 is 0 Å². The molecule has 7 N–H and O–H groups in total. The molecule has 0 heterocycles. The Labute approximate surface area is 240 Å². The lowest BCUT2D eigenvalue weighted by molar-refractivity contribution is -0.184. The van der Waals surface area contributed by atoms with Gasteiger partial charge in [-0.25, -0.2) is 0 Å². The number of nitrogens with zero attached hydrogens (tertiary/aromatic N) is 2. The molecule has 11 nitrogen and oxygen atoms in total. The fourth-order valence-electron chi connectivity index (χ4n) is 7.80. The van der Waals surface area contributed by atoms with E-state index < -0.39 is 58.7 Å². The van der Waals surface area contributed by atoms with Crippen LogP contribution in [-0.4, -0.2) is 94.8 Å². The number of amides is 1. The number of hydrogen-bond acceptors (Lipinski definition) is 10. The standard InChI is InChI=1S/C30H42N4O7/c1-33(2)19-12-15(13-32-16-8-6-5-7-9-16)24(35)21-17(19)10-14-11-18-23(34(3)4)26(37)22(29(31)40)28(39)30(18,41)27(38)20(14)25(21)36/h12,14,16,18,22-23,26,32,35-37,41H,5-11,13H2,1-4H3,(H2,31,40)/t14-,18-,22?,23?,26?,30-/m1/s1. The number of benzene rings is 1. The summed E-state index contributed by atoms with van der Waals surface area (Å²) in [6.07, 6.45) is 4.49. The highest BCUT2D eigenvalue weighted by atomic mass is 16.3. The highest BCUT2D eigenvalue weighted by Gasteiger charge is 2.67. The summed E-state index contributed by atoms with van der Waals surface area (Å²) in [6, 6.07) is 1.32. The van der Waals surface area contributed by atoms with Gasteiger partial charge in [-0.15, -0.1) is 0 Å². The minimum atomic E-state index is -2.66. The average molecular weight is 571 g/mol. The number of aliphatic hydroxyl groups excluding tert-OH is 2. The molecule has 1 amide bonds. The predicted octanol–water partition coefficient (Wildman–Crippen LogP) is 0.617. The first kappa shape index (κ1) is 29.5. The van der Waals surface area contributed by atoms with Gasteiger partial charge in [0, 0.05) is 55.5 Å². The first-order valence-electron chi connectivity index (χ1n) is 14.5. The molecule has 0 bridgehead atoms. The molecule has 1 aromatic rings. The van der Waals surface area contributed by atoms with Crippen molar-refractivity contribution in [3.63, 3.8) is 0 Å². The number of nitrogens with two attached hydrogens (primary N) is 1. The number of primary amides is 1. The lowest BCUT2D eigenvalue weighted by Crippen LogP contribution is -2.73. The maximum Gasteiger partial charge on any atom is 0.230 e. The molecular formula is C30H42N4O7. The third kappa shape index (κ3) is 4.54. The monoisotopic (exact) mass is 570 g/mol. The van der Waals surface area contributed by atoms with Gasteiger partial charge < -0.3 is 41.3 Å². The summed E-state index contributed by atoms with van der Waals surface area (Å²) >= 11 is 0. The number of aliphatic hydroxyl groups is 3. The van der Waals surface area contributed by atoms with Crippen LogP contribution < -0.4 is 16.0 Å². The number of carbonyl (C=O) groups excluding carboxylic acids is 3. The Morgan fingerprint density at radius 3 is 2.37 bits per heavy atom. The molecule has 0 aromatic heterocycles. The van der Waals surface area contributed by atoms with E-state index in [1.807, 2.05) is 25.1 Å². The van der Waals surface area contributed by atoms with Crippen molar-refractivity contribution >= 4 is 28.9 Å². The maximum absolute atomic E-state index is 14.1. The van der Waals surface area contributed by atoms with Crippen molar-refractivity contribution in [1.82, 2.24) is 10.2 Å². The molecule has 5 rings (SSSR count). The van der Waals surface area contributed by atoms with Gasteiger partial charge in [0.1, 0.15) is 17.4 Å². The zero-order valence-electron chi connectivity index (χ0n) is 24.2. The molecule has 3 saturated carbocycles. The first-order chi connectivity index (χ1) is 19.3. The maximum atomic E-state index is 14.1. The van der Waals surface area contributed by atoms with E-state index in [2.05, 4.69) is 5.32 Å². The molecule has 224 valence electrons. The van der Waals surface area contributed by atoms with Crippen molar-refractivity contribution in [1.29, 1.82) is 0 Å². The number of carbonyl (C=O) groups is 3. The van der Waals surface area contributed by atoms with Gasteiger partial charge in [-0.3, -0.25) is 14.4 Å².